The number of aryl methyl sites for hydroxylation is 1. The first-order valence-electron chi connectivity index (χ1n) is 4.57. The Morgan fingerprint density at radius 1 is 1.50 bits per heavy atom. The van der Waals surface area contributed by atoms with Crippen LogP contribution >= 0.6 is 11.8 Å². The molecule has 1 aromatic rings. The number of hydrogen-bond donors (Lipinski definition) is 1. The summed E-state index contributed by atoms with van der Waals surface area (Å²) in [5.74, 6) is 0.914. The second-order valence-electron chi connectivity index (χ2n) is 3.07. The van der Waals surface area contributed by atoms with Crippen LogP contribution in [-0.4, -0.2) is 23.8 Å². The topological polar surface area (TPSA) is 37.3 Å². The van der Waals surface area contributed by atoms with Crippen molar-refractivity contribution < 1.29 is 9.90 Å². The van der Waals surface area contributed by atoms with Crippen LogP contribution in [0.15, 0.2) is 23.1 Å². The number of thioether (sulfide) groups is 1. The fourth-order valence-electron chi connectivity index (χ4n) is 1.15. The van der Waals surface area contributed by atoms with Gasteiger partial charge in [-0.25, -0.2) is 0 Å². The summed E-state index contributed by atoms with van der Waals surface area (Å²) in [6, 6.07) is 5.66. The Hall–Kier alpha value is -0.800. The Morgan fingerprint density at radius 2 is 2.29 bits per heavy atom. The van der Waals surface area contributed by atoms with Gasteiger partial charge in [-0.2, -0.15) is 0 Å². The lowest BCUT2D eigenvalue weighted by atomic mass is 10.2. The molecule has 0 aliphatic rings. The Balaban J connectivity index is 2.64. The van der Waals surface area contributed by atoms with Crippen molar-refractivity contribution in [2.75, 3.05) is 12.4 Å². The van der Waals surface area contributed by atoms with Crippen LogP contribution in [0.2, 0.25) is 0 Å². The molecule has 0 radical (unpaired) electrons. The van der Waals surface area contributed by atoms with Gasteiger partial charge in [0.05, 0.1) is 0 Å². The average Bonchev–Trinajstić information content (AvgIpc) is 2.20. The predicted molar refractivity (Wildman–Crippen MR) is 59.0 cm³/mol. The molecule has 0 atom stereocenters. The van der Waals surface area contributed by atoms with E-state index in [1.54, 1.807) is 11.8 Å². The number of rotatable bonds is 5. The van der Waals surface area contributed by atoms with Crippen LogP contribution in [-0.2, 0) is 0 Å². The zero-order valence-corrected chi connectivity index (χ0v) is 9.01. The minimum atomic E-state index is 0.235. The standard InChI is InChI=1S/C11H14O2S/c1-9-7-10(8-13)3-4-11(9)14-6-2-5-12/h3-4,7-8,12H,2,5-6H2,1H3. The Kier molecular flexibility index (Phi) is 4.70. The minimum absolute atomic E-state index is 0.235. The van der Waals surface area contributed by atoms with Crippen LogP contribution in [0.25, 0.3) is 0 Å². The highest BCUT2D eigenvalue weighted by atomic mass is 32.2. The van der Waals surface area contributed by atoms with E-state index in [0.717, 1.165) is 24.0 Å². The highest BCUT2D eigenvalue weighted by Crippen LogP contribution is 2.23. The Bertz CT molecular complexity index is 310. The third kappa shape index (κ3) is 3.16. The molecule has 0 aliphatic carbocycles. The molecular formula is C11H14O2S. The van der Waals surface area contributed by atoms with Gasteiger partial charge < -0.3 is 5.11 Å². The van der Waals surface area contributed by atoms with Gasteiger partial charge in [0.15, 0.2) is 0 Å². The van der Waals surface area contributed by atoms with Crippen LogP contribution in [0.5, 0.6) is 0 Å². The van der Waals surface area contributed by atoms with E-state index >= 15 is 0 Å². The molecule has 1 rings (SSSR count). The second-order valence-corrected chi connectivity index (χ2v) is 4.21. The van der Waals surface area contributed by atoms with E-state index < -0.39 is 0 Å². The summed E-state index contributed by atoms with van der Waals surface area (Å²) in [4.78, 5) is 11.7. The summed E-state index contributed by atoms with van der Waals surface area (Å²) >= 11 is 1.71. The molecule has 0 amide bonds. The highest BCUT2D eigenvalue weighted by Gasteiger charge is 1.99. The molecule has 0 saturated carbocycles. The average molecular weight is 210 g/mol. The van der Waals surface area contributed by atoms with E-state index in [2.05, 4.69) is 0 Å². The smallest absolute Gasteiger partial charge is 0.150 e. The number of benzene rings is 1. The molecule has 0 saturated heterocycles. The molecule has 0 unspecified atom stereocenters. The first-order valence-corrected chi connectivity index (χ1v) is 5.56. The third-order valence-electron chi connectivity index (χ3n) is 1.90. The monoisotopic (exact) mass is 210 g/mol. The Morgan fingerprint density at radius 3 is 2.86 bits per heavy atom. The number of hydrogen-bond acceptors (Lipinski definition) is 3. The molecule has 0 spiro atoms. The van der Waals surface area contributed by atoms with E-state index in [1.165, 1.54) is 4.90 Å². The van der Waals surface area contributed by atoms with Gasteiger partial charge in [-0.1, -0.05) is 6.07 Å². The van der Waals surface area contributed by atoms with Gasteiger partial charge in [0, 0.05) is 22.8 Å². The van der Waals surface area contributed by atoms with Crippen molar-refractivity contribution in [1.82, 2.24) is 0 Å². The predicted octanol–water partition coefficient (Wildman–Crippen LogP) is 2.28. The number of carbonyl (C=O) groups excluding carboxylic acids is 1. The Labute approximate surface area is 88.3 Å². The molecule has 0 bridgehead atoms. The summed E-state index contributed by atoms with van der Waals surface area (Å²) < 4.78 is 0. The molecular weight excluding hydrogens is 196 g/mol. The zero-order chi connectivity index (χ0) is 10.4. The first-order chi connectivity index (χ1) is 6.77. The third-order valence-corrected chi connectivity index (χ3v) is 3.16. The normalized spacial score (nSPS) is 10.1. The van der Waals surface area contributed by atoms with E-state index in [4.69, 9.17) is 5.11 Å². The molecule has 2 nitrogen and oxygen atoms in total. The number of aliphatic hydroxyl groups excluding tert-OH is 1. The molecule has 0 fully saturated rings. The SMILES string of the molecule is Cc1cc(C=O)ccc1SCCCO. The van der Waals surface area contributed by atoms with Crippen molar-refractivity contribution in [2.24, 2.45) is 0 Å². The molecule has 76 valence electrons. The number of aldehydes is 1. The first kappa shape index (κ1) is 11.3. The van der Waals surface area contributed by atoms with Gasteiger partial charge >= 0.3 is 0 Å². The van der Waals surface area contributed by atoms with Crippen molar-refractivity contribution in [1.29, 1.82) is 0 Å². The molecule has 1 aromatic carbocycles. The molecule has 3 heteroatoms. The van der Waals surface area contributed by atoms with Crippen molar-refractivity contribution in [3.63, 3.8) is 0 Å². The lowest BCUT2D eigenvalue weighted by Crippen LogP contribution is -1.88. The molecule has 14 heavy (non-hydrogen) atoms. The van der Waals surface area contributed by atoms with Gasteiger partial charge in [0.2, 0.25) is 0 Å². The number of aliphatic hydroxyl groups is 1. The van der Waals surface area contributed by atoms with Gasteiger partial charge in [0.25, 0.3) is 0 Å². The second kappa shape index (κ2) is 5.83. The summed E-state index contributed by atoms with van der Waals surface area (Å²) in [6.45, 7) is 2.23. The molecule has 0 aromatic heterocycles. The fraction of sp³-hybridized carbons (Fsp3) is 0.364. The minimum Gasteiger partial charge on any atom is -0.396 e. The maximum Gasteiger partial charge on any atom is 0.150 e. The largest absolute Gasteiger partial charge is 0.396 e. The van der Waals surface area contributed by atoms with Crippen LogP contribution < -0.4 is 0 Å². The van der Waals surface area contributed by atoms with Crippen LogP contribution in [0.3, 0.4) is 0 Å². The summed E-state index contributed by atoms with van der Waals surface area (Å²) in [5.41, 5.74) is 1.84. The van der Waals surface area contributed by atoms with Gasteiger partial charge in [0.1, 0.15) is 6.29 Å². The number of carbonyl (C=O) groups is 1. The van der Waals surface area contributed by atoms with E-state index in [9.17, 15) is 4.79 Å². The maximum absolute atomic E-state index is 10.5. The van der Waals surface area contributed by atoms with Crippen LogP contribution in [0, 0.1) is 6.92 Å². The highest BCUT2D eigenvalue weighted by molar-refractivity contribution is 7.99. The molecule has 1 N–H and O–H groups in total. The summed E-state index contributed by atoms with van der Waals surface area (Å²) in [5, 5.41) is 8.64. The lowest BCUT2D eigenvalue weighted by molar-refractivity contribution is 0.112. The molecule has 0 heterocycles. The van der Waals surface area contributed by atoms with E-state index in [0.29, 0.717) is 5.56 Å². The zero-order valence-electron chi connectivity index (χ0n) is 8.19. The van der Waals surface area contributed by atoms with Crippen LogP contribution in [0.4, 0.5) is 0 Å². The van der Waals surface area contributed by atoms with Crippen molar-refractivity contribution in [3.05, 3.63) is 29.3 Å². The van der Waals surface area contributed by atoms with E-state index in [1.807, 2.05) is 25.1 Å². The van der Waals surface area contributed by atoms with Gasteiger partial charge in [-0.15, -0.1) is 11.8 Å². The quantitative estimate of drug-likeness (QED) is 0.460. The van der Waals surface area contributed by atoms with Gasteiger partial charge in [-0.05, 0) is 31.0 Å². The van der Waals surface area contributed by atoms with Gasteiger partial charge in [-0.3, -0.25) is 4.79 Å². The molecule has 0 aliphatic heterocycles. The van der Waals surface area contributed by atoms with Crippen LogP contribution in [0.1, 0.15) is 22.3 Å². The summed E-state index contributed by atoms with van der Waals surface area (Å²) in [6.07, 6.45) is 1.66. The maximum atomic E-state index is 10.5. The summed E-state index contributed by atoms with van der Waals surface area (Å²) in [7, 11) is 0. The van der Waals surface area contributed by atoms with E-state index in [-0.39, 0.29) is 6.61 Å². The van der Waals surface area contributed by atoms with Crippen molar-refractivity contribution in [3.8, 4) is 0 Å². The fourth-order valence-corrected chi connectivity index (χ4v) is 2.10. The lowest BCUT2D eigenvalue weighted by Gasteiger charge is -2.04. The van der Waals surface area contributed by atoms with Crippen molar-refractivity contribution >= 4 is 18.0 Å². The van der Waals surface area contributed by atoms with Crippen molar-refractivity contribution in [2.45, 2.75) is 18.2 Å².